The molecule has 1 aliphatic rings. The number of hydrogen-bond donors (Lipinski definition) is 0. The molecule has 0 spiro atoms. The van der Waals surface area contributed by atoms with Crippen LogP contribution in [-0.2, 0) is 0 Å². The zero-order chi connectivity index (χ0) is 64.7. The summed E-state index contributed by atoms with van der Waals surface area (Å²) >= 11 is 0. The van der Waals surface area contributed by atoms with Crippen LogP contribution in [0.2, 0.25) is 0 Å². The van der Waals surface area contributed by atoms with Crippen molar-refractivity contribution in [2.45, 2.75) is 90.0 Å². The summed E-state index contributed by atoms with van der Waals surface area (Å²) < 4.78 is 2.80. The minimum Gasteiger partial charge on any atom is -0.311 e. The lowest BCUT2D eigenvalue weighted by Gasteiger charge is -2.34. The second-order valence-corrected chi connectivity index (χ2v) is 27.6. The van der Waals surface area contributed by atoms with Crippen molar-refractivity contribution in [3.63, 3.8) is 0 Å². The van der Waals surface area contributed by atoms with Gasteiger partial charge in [0, 0.05) is 27.2 Å². The molecule has 451 valence electrons. The molecule has 15 aromatic rings. The summed E-state index contributed by atoms with van der Waals surface area (Å²) in [5.41, 5.74) is 44.1. The highest BCUT2D eigenvalue weighted by Gasteiger charge is 2.42. The van der Waals surface area contributed by atoms with Gasteiger partial charge < -0.3 is 4.57 Å². The van der Waals surface area contributed by atoms with Crippen molar-refractivity contribution in [1.29, 1.82) is 0 Å². The van der Waals surface area contributed by atoms with Crippen molar-refractivity contribution in [3.05, 3.63) is 297 Å². The van der Waals surface area contributed by atoms with Crippen LogP contribution in [0, 0.1) is 90.0 Å². The fourth-order valence-electron chi connectivity index (χ4n) is 17.8. The molecular weight excluding hydrogens is 1130 g/mol. The average Bonchev–Trinajstić information content (AvgIpc) is 1.48. The van der Waals surface area contributed by atoms with Crippen molar-refractivity contribution >= 4 is 84.7 Å². The van der Waals surface area contributed by atoms with E-state index < -0.39 is 0 Å². The first kappa shape index (κ1) is 58.8. The van der Waals surface area contributed by atoms with Gasteiger partial charge in [0.2, 0.25) is 6.71 Å². The molecule has 0 atom stereocenters. The normalized spacial score (nSPS) is 12.1. The predicted octanol–water partition coefficient (Wildman–Crippen LogP) is 20.7. The van der Waals surface area contributed by atoms with Gasteiger partial charge in [0.05, 0.1) is 11.0 Å². The Morgan fingerprint density at radius 2 is 0.649 bits per heavy atom. The maximum Gasteiger partial charge on any atom is 0.248 e. The van der Waals surface area contributed by atoms with Gasteiger partial charge in [0.15, 0.2) is 7.28 Å². The van der Waals surface area contributed by atoms with Crippen molar-refractivity contribution in [2.24, 2.45) is 0 Å². The first-order chi connectivity index (χ1) is 45.5. The minimum absolute atomic E-state index is 0.294. The van der Waals surface area contributed by atoms with E-state index >= 15 is 0 Å². The lowest BCUT2D eigenvalue weighted by molar-refractivity contribution is 1.19. The molecule has 14 aromatic carbocycles. The Morgan fingerprint density at radius 1 is 0.277 bits per heavy atom. The Balaban J connectivity index is 1.17. The van der Waals surface area contributed by atoms with Gasteiger partial charge in [-0.1, -0.05) is 257 Å². The van der Waals surface area contributed by atoms with Gasteiger partial charge in [-0.3, -0.25) is 0 Å². The lowest BCUT2D eigenvalue weighted by Crippen LogP contribution is -2.59. The summed E-state index contributed by atoms with van der Waals surface area (Å²) in [6.07, 6.45) is 0. The third kappa shape index (κ3) is 9.21. The topological polar surface area (TPSA) is 4.93 Å². The van der Waals surface area contributed by atoms with Crippen LogP contribution < -0.4 is 27.3 Å². The lowest BCUT2D eigenvalue weighted by atomic mass is 9.33. The third-order valence-electron chi connectivity index (χ3n) is 20.9. The first-order valence-corrected chi connectivity index (χ1v) is 33.6. The Morgan fingerprint density at radius 3 is 1.09 bits per heavy atom. The minimum atomic E-state index is -0.294. The van der Waals surface area contributed by atoms with Gasteiger partial charge >= 0.3 is 0 Å². The first-order valence-electron chi connectivity index (χ1n) is 33.6. The SMILES string of the molecule is Cc1cc(C)c(-c2cccc(-c3c(C)cc(C)cc3C)c2[B]c2cc(-c3ccccc3)cc3c2-n2c4c(C)cc(-c5ccccc5)c5c6ccccc6c6c(-c7ccccc7)cc(c2c6c54)B3c2c(-c3c(C)cc(C)cc3C)cccc2-c2c(C)cc(C)cc2C)c(C)c1. The second-order valence-electron chi connectivity index (χ2n) is 27.6. The molecule has 1 radical (unpaired) electrons. The van der Waals surface area contributed by atoms with Crippen LogP contribution in [0.15, 0.2) is 224 Å². The van der Waals surface area contributed by atoms with E-state index in [1.54, 1.807) is 0 Å². The summed E-state index contributed by atoms with van der Waals surface area (Å²) in [6.45, 7) is 29.6. The summed E-state index contributed by atoms with van der Waals surface area (Å²) in [4.78, 5) is 0. The van der Waals surface area contributed by atoms with Crippen LogP contribution in [0.5, 0.6) is 0 Å². The van der Waals surface area contributed by atoms with Gasteiger partial charge in [-0.05, 0) is 246 Å². The smallest absolute Gasteiger partial charge is 0.248 e. The number of fused-ring (bicyclic) bond motifs is 6. The molecule has 1 aromatic heterocycles. The van der Waals surface area contributed by atoms with E-state index in [-0.39, 0.29) is 6.71 Å². The van der Waals surface area contributed by atoms with Crippen LogP contribution in [0.25, 0.3) is 127 Å². The number of nitrogens with zero attached hydrogens (tertiary/aromatic N) is 1. The zero-order valence-electron chi connectivity index (χ0n) is 56.5. The monoisotopic (exact) mass is 1200 g/mol. The fourth-order valence-corrected chi connectivity index (χ4v) is 17.8. The van der Waals surface area contributed by atoms with E-state index in [1.165, 1.54) is 227 Å². The highest BCUT2D eigenvalue weighted by Crippen LogP contribution is 2.51. The molecule has 0 N–H and O–H groups in total. The molecule has 0 saturated carbocycles. The quantitative estimate of drug-likeness (QED) is 0.0950. The average molecular weight is 1210 g/mol. The van der Waals surface area contributed by atoms with E-state index in [0.717, 1.165) is 0 Å². The molecule has 16 rings (SSSR count). The van der Waals surface area contributed by atoms with E-state index in [1.807, 2.05) is 0 Å². The number of hydrogen-bond acceptors (Lipinski definition) is 0. The summed E-state index contributed by atoms with van der Waals surface area (Å²) in [5, 5.41) is 7.74. The molecule has 1 nitrogen and oxygen atoms in total. The molecule has 1 aliphatic heterocycles. The molecule has 0 aliphatic carbocycles. The van der Waals surface area contributed by atoms with E-state index in [2.05, 4.69) is 326 Å². The van der Waals surface area contributed by atoms with Crippen molar-refractivity contribution in [2.75, 3.05) is 0 Å². The number of rotatable bonds is 10. The van der Waals surface area contributed by atoms with Gasteiger partial charge in [-0.15, -0.1) is 0 Å². The molecule has 0 saturated heterocycles. The van der Waals surface area contributed by atoms with Crippen LogP contribution in [0.3, 0.4) is 0 Å². The van der Waals surface area contributed by atoms with Gasteiger partial charge in [-0.2, -0.15) is 0 Å². The molecular formula is C91H76B2N. The molecule has 0 fully saturated rings. The Hall–Kier alpha value is -10.2. The molecule has 0 unspecified atom stereocenters. The summed E-state index contributed by atoms with van der Waals surface area (Å²) in [6, 6.07) is 86.8. The van der Waals surface area contributed by atoms with Crippen LogP contribution in [-0.4, -0.2) is 18.6 Å². The van der Waals surface area contributed by atoms with Crippen molar-refractivity contribution in [3.8, 4) is 83.6 Å². The van der Waals surface area contributed by atoms with Crippen molar-refractivity contribution in [1.82, 2.24) is 4.57 Å². The molecule has 94 heavy (non-hydrogen) atoms. The zero-order valence-corrected chi connectivity index (χ0v) is 56.5. The molecule has 0 bridgehead atoms. The Kier molecular flexibility index (Phi) is 14.1. The summed E-state index contributed by atoms with van der Waals surface area (Å²) in [7, 11) is 2.63. The largest absolute Gasteiger partial charge is 0.311 e. The van der Waals surface area contributed by atoms with E-state index in [4.69, 9.17) is 0 Å². The van der Waals surface area contributed by atoms with Crippen molar-refractivity contribution < 1.29 is 0 Å². The second kappa shape index (κ2) is 22.5. The fraction of sp³-hybridized carbons (Fsp3) is 0.143. The van der Waals surface area contributed by atoms with Gasteiger partial charge in [-0.25, -0.2) is 0 Å². The highest BCUT2D eigenvalue weighted by molar-refractivity contribution is 7.00. The molecule has 2 heterocycles. The van der Waals surface area contributed by atoms with E-state index in [9.17, 15) is 0 Å². The van der Waals surface area contributed by atoms with Crippen LogP contribution in [0.4, 0.5) is 0 Å². The van der Waals surface area contributed by atoms with Crippen LogP contribution >= 0.6 is 0 Å². The third-order valence-corrected chi connectivity index (χ3v) is 20.9. The Bertz CT molecular complexity index is 5400. The predicted molar refractivity (Wildman–Crippen MR) is 409 cm³/mol. The van der Waals surface area contributed by atoms with Crippen LogP contribution in [0.1, 0.15) is 72.3 Å². The number of aromatic nitrogens is 1. The van der Waals surface area contributed by atoms with Gasteiger partial charge in [0.25, 0.3) is 0 Å². The standard InChI is InChI=1S/C91H76B2N/c1-51-39-55(5)79(56(6)40-51)70-35-25-36-71(80-57(7)41-52(2)42-58(80)8)87(70)92-76-48-67(64-27-17-14-18-28-64)49-77-90(76)94-89-63(13)47-74(65-29-19-15-20-30-65)83-68-33-23-24-34-69(68)84-75(66-31-21-16-22-32-66)50-78(91(94)86(84)85(83)89)93(77)88-72(81-59(9)43-53(3)44-60(81)10)37-26-38-73(88)82-61(11)45-54(4)46-62(82)12/h14-50H,1-13H3. The number of benzene rings is 14. The maximum atomic E-state index is 2.80. The van der Waals surface area contributed by atoms with Gasteiger partial charge in [0.1, 0.15) is 0 Å². The maximum absolute atomic E-state index is 2.80. The van der Waals surface area contributed by atoms with E-state index in [0.29, 0.717) is 0 Å². The number of aryl methyl sites for hydroxylation is 13. The molecule has 3 heteroatoms. The molecule has 0 amide bonds. The Labute approximate surface area is 556 Å². The summed E-state index contributed by atoms with van der Waals surface area (Å²) in [5.74, 6) is 0. The highest BCUT2D eigenvalue weighted by atomic mass is 15.0.